The molecule has 0 fully saturated rings. The number of aryl methyl sites for hydroxylation is 1. The largest absolute Gasteiger partial charge is 0.283 e. The lowest BCUT2D eigenvalue weighted by Gasteiger charge is -2.22. The van der Waals surface area contributed by atoms with Gasteiger partial charge in [-0.05, 0) is 19.1 Å². The lowest BCUT2D eigenvalue weighted by molar-refractivity contribution is 0.570. The smallest absolute Gasteiger partial charge is 0.265 e. The van der Waals surface area contributed by atoms with Gasteiger partial charge < -0.3 is 0 Å². The molecule has 0 aliphatic heterocycles. The van der Waals surface area contributed by atoms with E-state index in [0.717, 1.165) is 0 Å². The minimum absolute atomic E-state index is 0.0770. The van der Waals surface area contributed by atoms with E-state index in [1.54, 1.807) is 38.2 Å². The molecule has 7 heteroatoms. The summed E-state index contributed by atoms with van der Waals surface area (Å²) in [6.07, 6.45) is 1.25. The van der Waals surface area contributed by atoms with Gasteiger partial charge in [0.1, 0.15) is 0 Å². The quantitative estimate of drug-likeness (QED) is 0.829. The molecule has 0 spiro atoms. The van der Waals surface area contributed by atoms with E-state index >= 15 is 0 Å². The number of para-hydroxylation sites is 1. The number of hydrogen-bond donors (Lipinski definition) is 0. The number of aromatic nitrogens is 3. The van der Waals surface area contributed by atoms with E-state index in [0.29, 0.717) is 12.2 Å². The number of anilines is 1. The van der Waals surface area contributed by atoms with Gasteiger partial charge in [-0.15, -0.1) is 5.10 Å². The number of nitrogens with zero attached hydrogens (tertiary/aromatic N) is 4. The third kappa shape index (κ3) is 2.08. The van der Waals surface area contributed by atoms with Crippen LogP contribution in [0.25, 0.3) is 0 Å². The van der Waals surface area contributed by atoms with Crippen molar-refractivity contribution in [1.29, 1.82) is 0 Å². The molecule has 2 aromatic rings. The predicted molar refractivity (Wildman–Crippen MR) is 67.7 cm³/mol. The molecule has 0 saturated carbocycles. The molecule has 96 valence electrons. The summed E-state index contributed by atoms with van der Waals surface area (Å²) in [5.41, 5.74) is 0.626. The molecular formula is C11H14N4O2S. The van der Waals surface area contributed by atoms with Crippen LogP contribution in [0.5, 0.6) is 0 Å². The first-order chi connectivity index (χ1) is 8.57. The van der Waals surface area contributed by atoms with Gasteiger partial charge >= 0.3 is 0 Å². The van der Waals surface area contributed by atoms with Crippen LogP contribution >= 0.6 is 0 Å². The fourth-order valence-corrected chi connectivity index (χ4v) is 3.23. The van der Waals surface area contributed by atoms with E-state index in [2.05, 4.69) is 10.3 Å². The molecule has 1 heterocycles. The monoisotopic (exact) mass is 266 g/mol. The Bertz CT molecular complexity index is 622. The van der Waals surface area contributed by atoms with Crippen molar-refractivity contribution in [2.24, 2.45) is 7.05 Å². The molecule has 18 heavy (non-hydrogen) atoms. The van der Waals surface area contributed by atoms with Crippen LogP contribution in [0.2, 0.25) is 0 Å². The van der Waals surface area contributed by atoms with Crippen molar-refractivity contribution in [1.82, 2.24) is 15.0 Å². The Morgan fingerprint density at radius 3 is 2.44 bits per heavy atom. The van der Waals surface area contributed by atoms with E-state index in [-0.39, 0.29) is 5.03 Å². The van der Waals surface area contributed by atoms with E-state index in [4.69, 9.17) is 0 Å². The molecule has 2 rings (SSSR count). The van der Waals surface area contributed by atoms with E-state index in [1.807, 2.05) is 6.07 Å². The van der Waals surface area contributed by atoms with Crippen LogP contribution < -0.4 is 4.31 Å². The molecule has 1 aromatic heterocycles. The summed E-state index contributed by atoms with van der Waals surface area (Å²) < 4.78 is 27.5. The molecule has 0 aliphatic carbocycles. The molecular weight excluding hydrogens is 252 g/mol. The van der Waals surface area contributed by atoms with Crippen molar-refractivity contribution in [2.75, 3.05) is 10.8 Å². The van der Waals surface area contributed by atoms with Crippen molar-refractivity contribution >= 4 is 15.7 Å². The Balaban J connectivity index is 2.49. The first kappa shape index (κ1) is 12.6. The van der Waals surface area contributed by atoms with Gasteiger partial charge in [0.2, 0.25) is 0 Å². The maximum atomic E-state index is 12.5. The maximum Gasteiger partial charge on any atom is 0.283 e. The van der Waals surface area contributed by atoms with Gasteiger partial charge in [0.25, 0.3) is 10.0 Å². The third-order valence-electron chi connectivity index (χ3n) is 2.56. The summed E-state index contributed by atoms with van der Waals surface area (Å²) in [5.74, 6) is 0. The van der Waals surface area contributed by atoms with Gasteiger partial charge in [-0.1, -0.05) is 23.4 Å². The SMILES string of the molecule is CCN(c1ccccc1)S(=O)(=O)c1cnnn1C. The summed E-state index contributed by atoms with van der Waals surface area (Å²) >= 11 is 0. The van der Waals surface area contributed by atoms with E-state index in [9.17, 15) is 8.42 Å². The summed E-state index contributed by atoms with van der Waals surface area (Å²) in [7, 11) is -2.07. The zero-order valence-corrected chi connectivity index (χ0v) is 11.0. The Morgan fingerprint density at radius 1 is 1.28 bits per heavy atom. The minimum Gasteiger partial charge on any atom is -0.265 e. The van der Waals surface area contributed by atoms with Crippen LogP contribution in [-0.2, 0) is 17.1 Å². The Labute approximate surface area is 106 Å². The molecule has 0 saturated heterocycles. The highest BCUT2D eigenvalue weighted by Crippen LogP contribution is 2.21. The molecule has 1 aromatic carbocycles. The van der Waals surface area contributed by atoms with E-state index in [1.165, 1.54) is 15.2 Å². The van der Waals surface area contributed by atoms with Crippen molar-refractivity contribution in [3.63, 3.8) is 0 Å². The molecule has 0 radical (unpaired) electrons. The zero-order valence-electron chi connectivity index (χ0n) is 10.2. The van der Waals surface area contributed by atoms with Crippen molar-refractivity contribution in [2.45, 2.75) is 11.9 Å². The van der Waals surface area contributed by atoms with Crippen molar-refractivity contribution < 1.29 is 8.42 Å². The highest BCUT2D eigenvalue weighted by Gasteiger charge is 2.26. The Morgan fingerprint density at radius 2 is 1.94 bits per heavy atom. The predicted octanol–water partition coefficient (Wildman–Crippen LogP) is 1.03. The van der Waals surface area contributed by atoms with Crippen LogP contribution in [-0.4, -0.2) is 30.0 Å². The fourth-order valence-electron chi connectivity index (χ4n) is 1.71. The Hall–Kier alpha value is -1.89. The molecule has 0 unspecified atom stereocenters. The second kappa shape index (κ2) is 4.77. The molecule has 0 amide bonds. The summed E-state index contributed by atoms with van der Waals surface area (Å²) in [4.78, 5) is 0. The maximum absolute atomic E-state index is 12.5. The van der Waals surface area contributed by atoms with Gasteiger partial charge in [0.15, 0.2) is 5.03 Å². The van der Waals surface area contributed by atoms with E-state index < -0.39 is 10.0 Å². The Kier molecular flexibility index (Phi) is 3.33. The first-order valence-corrected chi connectivity index (χ1v) is 6.94. The van der Waals surface area contributed by atoms with Gasteiger partial charge in [-0.2, -0.15) is 8.42 Å². The van der Waals surface area contributed by atoms with Gasteiger partial charge in [-0.3, -0.25) is 4.31 Å². The molecule has 0 aliphatic rings. The second-order valence-electron chi connectivity index (χ2n) is 3.70. The highest BCUT2D eigenvalue weighted by atomic mass is 32.2. The third-order valence-corrected chi connectivity index (χ3v) is 4.51. The van der Waals surface area contributed by atoms with Crippen LogP contribution in [0.3, 0.4) is 0 Å². The lowest BCUT2D eigenvalue weighted by Crippen LogP contribution is -2.32. The van der Waals surface area contributed by atoms with Crippen molar-refractivity contribution in [3.05, 3.63) is 36.5 Å². The molecule has 0 N–H and O–H groups in total. The average Bonchev–Trinajstić information content (AvgIpc) is 2.78. The zero-order chi connectivity index (χ0) is 13.2. The lowest BCUT2D eigenvalue weighted by atomic mass is 10.3. The number of sulfonamides is 1. The average molecular weight is 266 g/mol. The number of hydrogen-bond acceptors (Lipinski definition) is 4. The first-order valence-electron chi connectivity index (χ1n) is 5.50. The van der Waals surface area contributed by atoms with Crippen molar-refractivity contribution in [3.8, 4) is 0 Å². The summed E-state index contributed by atoms with van der Waals surface area (Å²) in [5, 5.41) is 7.34. The standard InChI is InChI=1S/C11H14N4O2S/c1-3-15(10-7-5-4-6-8-10)18(16,17)11-9-12-13-14(11)2/h4-9H,3H2,1-2H3. The van der Waals surface area contributed by atoms with Gasteiger partial charge in [0.05, 0.1) is 11.9 Å². The minimum atomic E-state index is -3.62. The molecule has 0 bridgehead atoms. The highest BCUT2D eigenvalue weighted by molar-refractivity contribution is 7.92. The summed E-state index contributed by atoms with van der Waals surface area (Å²) in [6.45, 7) is 2.13. The van der Waals surface area contributed by atoms with Crippen LogP contribution in [0.15, 0.2) is 41.6 Å². The number of rotatable bonds is 4. The molecule has 6 nitrogen and oxygen atoms in total. The number of benzene rings is 1. The topological polar surface area (TPSA) is 68.1 Å². The van der Waals surface area contributed by atoms with Crippen LogP contribution in [0.1, 0.15) is 6.92 Å². The van der Waals surface area contributed by atoms with Gasteiger partial charge in [0, 0.05) is 13.6 Å². The van der Waals surface area contributed by atoms with Crippen LogP contribution in [0.4, 0.5) is 5.69 Å². The summed E-state index contributed by atoms with van der Waals surface area (Å²) in [6, 6.07) is 8.95. The fraction of sp³-hybridized carbons (Fsp3) is 0.273. The second-order valence-corrected chi connectivity index (χ2v) is 5.51. The van der Waals surface area contributed by atoms with Crippen LogP contribution in [0, 0.1) is 0 Å². The molecule has 0 atom stereocenters. The van der Waals surface area contributed by atoms with Gasteiger partial charge in [-0.25, -0.2) is 4.68 Å². The normalized spacial score (nSPS) is 11.4.